The van der Waals surface area contributed by atoms with Gasteiger partial charge >= 0.3 is 6.18 Å². The van der Waals surface area contributed by atoms with Gasteiger partial charge in [-0.1, -0.05) is 19.8 Å². The maximum atomic E-state index is 11.9. The van der Waals surface area contributed by atoms with E-state index in [1.807, 2.05) is 0 Å². The minimum absolute atomic E-state index is 0.132. The predicted octanol–water partition coefficient (Wildman–Crippen LogP) is 3.50. The zero-order valence-electron chi connectivity index (χ0n) is 11.0. The summed E-state index contributed by atoms with van der Waals surface area (Å²) >= 11 is 0. The molecule has 1 fully saturated rings. The monoisotopic (exact) mass is 267 g/mol. The van der Waals surface area contributed by atoms with E-state index < -0.39 is 12.8 Å². The van der Waals surface area contributed by atoms with Gasteiger partial charge in [-0.05, 0) is 37.5 Å². The molecule has 2 nitrogen and oxygen atoms in total. The molecule has 1 aliphatic carbocycles. The van der Waals surface area contributed by atoms with Gasteiger partial charge in [-0.15, -0.1) is 0 Å². The zero-order valence-corrected chi connectivity index (χ0v) is 11.0. The first-order chi connectivity index (χ1) is 8.42. The Hall–Kier alpha value is -0.290. The largest absolute Gasteiger partial charge is 0.411 e. The first kappa shape index (κ1) is 15.8. The predicted molar refractivity (Wildman–Crippen MR) is 65.2 cm³/mol. The molecule has 0 bridgehead atoms. The van der Waals surface area contributed by atoms with Crippen molar-refractivity contribution in [3.63, 3.8) is 0 Å². The van der Waals surface area contributed by atoms with Crippen molar-refractivity contribution in [2.75, 3.05) is 13.2 Å². The van der Waals surface area contributed by atoms with Gasteiger partial charge in [-0.2, -0.15) is 13.2 Å². The van der Waals surface area contributed by atoms with E-state index in [1.54, 1.807) is 0 Å². The molecule has 0 radical (unpaired) electrons. The summed E-state index contributed by atoms with van der Waals surface area (Å²) in [6, 6.07) is 0.132. The normalized spacial score (nSPS) is 29.5. The van der Waals surface area contributed by atoms with E-state index in [0.717, 1.165) is 25.7 Å². The zero-order chi connectivity index (χ0) is 13.6. The van der Waals surface area contributed by atoms with E-state index >= 15 is 0 Å². The molecule has 1 rings (SSSR count). The number of alkyl halides is 3. The van der Waals surface area contributed by atoms with Crippen LogP contribution in [0.4, 0.5) is 13.2 Å². The smallest absolute Gasteiger partial charge is 0.372 e. The molecule has 108 valence electrons. The summed E-state index contributed by atoms with van der Waals surface area (Å²) in [5.41, 5.74) is 6.03. The minimum Gasteiger partial charge on any atom is -0.372 e. The minimum atomic E-state index is -4.22. The lowest BCUT2D eigenvalue weighted by molar-refractivity contribution is -0.174. The molecule has 18 heavy (non-hydrogen) atoms. The molecule has 0 heterocycles. The molecule has 0 aromatic heterocycles. The summed E-state index contributed by atoms with van der Waals surface area (Å²) in [5, 5.41) is 0. The average molecular weight is 267 g/mol. The summed E-state index contributed by atoms with van der Waals surface area (Å²) in [7, 11) is 0. The Morgan fingerprint density at radius 1 is 1.22 bits per heavy atom. The molecule has 0 saturated heterocycles. The molecule has 0 aliphatic heterocycles. The second kappa shape index (κ2) is 7.34. The van der Waals surface area contributed by atoms with Crippen molar-refractivity contribution in [1.82, 2.24) is 0 Å². The highest BCUT2D eigenvalue weighted by molar-refractivity contribution is 4.82. The van der Waals surface area contributed by atoms with Crippen molar-refractivity contribution in [2.45, 2.75) is 57.7 Å². The molecule has 0 spiro atoms. The molecule has 3 atom stereocenters. The first-order valence-corrected chi connectivity index (χ1v) is 6.82. The summed E-state index contributed by atoms with van der Waals surface area (Å²) in [6.07, 6.45) is 1.99. The fourth-order valence-corrected chi connectivity index (χ4v) is 2.81. The maximum Gasteiger partial charge on any atom is 0.411 e. The molecule has 1 saturated carbocycles. The molecule has 1 aliphatic rings. The van der Waals surface area contributed by atoms with E-state index in [2.05, 4.69) is 11.7 Å². The third-order valence-corrected chi connectivity index (χ3v) is 3.75. The van der Waals surface area contributed by atoms with Crippen molar-refractivity contribution in [3.8, 4) is 0 Å². The molecule has 3 unspecified atom stereocenters. The molecule has 0 amide bonds. The van der Waals surface area contributed by atoms with Crippen LogP contribution in [0, 0.1) is 11.8 Å². The standard InChI is InChI=1S/C13H24F3NO/c1-2-3-10-4-5-12(17)11(8-10)6-7-18-9-13(14,15)16/h10-12H,2-9,17H2,1H3. The van der Waals surface area contributed by atoms with Crippen LogP contribution in [0.25, 0.3) is 0 Å². The lowest BCUT2D eigenvalue weighted by Gasteiger charge is -2.34. The van der Waals surface area contributed by atoms with E-state index in [9.17, 15) is 13.2 Å². The first-order valence-electron chi connectivity index (χ1n) is 6.82. The van der Waals surface area contributed by atoms with Crippen LogP contribution < -0.4 is 5.73 Å². The fraction of sp³-hybridized carbons (Fsp3) is 1.00. The Kier molecular flexibility index (Phi) is 6.43. The maximum absolute atomic E-state index is 11.9. The second-order valence-electron chi connectivity index (χ2n) is 5.35. The van der Waals surface area contributed by atoms with Gasteiger partial charge < -0.3 is 10.5 Å². The molecule has 0 aromatic rings. The topological polar surface area (TPSA) is 35.2 Å². The number of rotatable bonds is 6. The highest BCUT2D eigenvalue weighted by atomic mass is 19.4. The lowest BCUT2D eigenvalue weighted by Crippen LogP contribution is -2.37. The van der Waals surface area contributed by atoms with Crippen LogP contribution in [0.1, 0.15) is 45.4 Å². The van der Waals surface area contributed by atoms with E-state index in [1.165, 1.54) is 6.42 Å². The highest BCUT2D eigenvalue weighted by Gasteiger charge is 2.29. The van der Waals surface area contributed by atoms with E-state index in [0.29, 0.717) is 18.3 Å². The van der Waals surface area contributed by atoms with Crippen molar-refractivity contribution in [3.05, 3.63) is 0 Å². The van der Waals surface area contributed by atoms with E-state index in [-0.39, 0.29) is 12.6 Å². The van der Waals surface area contributed by atoms with Gasteiger partial charge in [0.15, 0.2) is 0 Å². The SMILES string of the molecule is CCCC1CCC(N)C(CCOCC(F)(F)F)C1. The summed E-state index contributed by atoms with van der Waals surface area (Å²) in [5.74, 6) is 1.02. The Labute approximate surface area is 107 Å². The van der Waals surface area contributed by atoms with Crippen LogP contribution in [0.2, 0.25) is 0 Å². The Morgan fingerprint density at radius 3 is 2.56 bits per heavy atom. The quantitative estimate of drug-likeness (QED) is 0.748. The number of hydrogen-bond acceptors (Lipinski definition) is 2. The van der Waals surface area contributed by atoms with Gasteiger partial charge in [0, 0.05) is 12.6 Å². The van der Waals surface area contributed by atoms with Crippen LogP contribution in [0.15, 0.2) is 0 Å². The molecular weight excluding hydrogens is 243 g/mol. The third kappa shape index (κ3) is 6.05. The number of nitrogens with two attached hydrogens (primary N) is 1. The summed E-state index contributed by atoms with van der Waals surface area (Å²) < 4.78 is 40.4. The Morgan fingerprint density at radius 2 is 1.94 bits per heavy atom. The van der Waals surface area contributed by atoms with Gasteiger partial charge in [0.2, 0.25) is 0 Å². The average Bonchev–Trinajstić information content (AvgIpc) is 2.27. The number of hydrogen-bond donors (Lipinski definition) is 1. The van der Waals surface area contributed by atoms with Crippen LogP contribution >= 0.6 is 0 Å². The van der Waals surface area contributed by atoms with Gasteiger partial charge in [0.25, 0.3) is 0 Å². The summed E-state index contributed by atoms with van der Waals surface area (Å²) in [6.45, 7) is 1.18. The van der Waals surface area contributed by atoms with Gasteiger partial charge in [-0.25, -0.2) is 0 Å². The van der Waals surface area contributed by atoms with Gasteiger partial charge in [-0.3, -0.25) is 0 Å². The van der Waals surface area contributed by atoms with Crippen molar-refractivity contribution in [2.24, 2.45) is 17.6 Å². The molecule has 5 heteroatoms. The fourth-order valence-electron chi connectivity index (χ4n) is 2.81. The molecule has 2 N–H and O–H groups in total. The van der Waals surface area contributed by atoms with Gasteiger partial charge in [0.05, 0.1) is 0 Å². The van der Waals surface area contributed by atoms with Crippen molar-refractivity contribution >= 4 is 0 Å². The Bertz CT molecular complexity index is 233. The van der Waals surface area contributed by atoms with Crippen molar-refractivity contribution < 1.29 is 17.9 Å². The van der Waals surface area contributed by atoms with E-state index in [4.69, 9.17) is 5.73 Å². The highest BCUT2D eigenvalue weighted by Crippen LogP contribution is 2.33. The van der Waals surface area contributed by atoms with Gasteiger partial charge in [0.1, 0.15) is 6.61 Å². The van der Waals surface area contributed by atoms with Crippen LogP contribution in [-0.4, -0.2) is 25.4 Å². The number of halogens is 3. The lowest BCUT2D eigenvalue weighted by atomic mass is 9.75. The Balaban J connectivity index is 2.22. The second-order valence-corrected chi connectivity index (χ2v) is 5.35. The van der Waals surface area contributed by atoms with Crippen LogP contribution in [0.3, 0.4) is 0 Å². The third-order valence-electron chi connectivity index (χ3n) is 3.75. The summed E-state index contributed by atoms with van der Waals surface area (Å²) in [4.78, 5) is 0. The van der Waals surface area contributed by atoms with Crippen LogP contribution in [-0.2, 0) is 4.74 Å². The molecule has 0 aromatic carbocycles. The van der Waals surface area contributed by atoms with Crippen LogP contribution in [0.5, 0.6) is 0 Å². The number of ether oxygens (including phenoxy) is 1. The van der Waals surface area contributed by atoms with Crippen molar-refractivity contribution in [1.29, 1.82) is 0 Å². The molecular formula is C13H24F3NO.